The van der Waals surface area contributed by atoms with Gasteiger partial charge in [0.2, 0.25) is 16.1 Å². The second-order valence-corrected chi connectivity index (χ2v) is 8.80. The number of halogens is 2. The van der Waals surface area contributed by atoms with Gasteiger partial charge in [0.05, 0.1) is 22.6 Å². The molecule has 10 heteroatoms. The van der Waals surface area contributed by atoms with Crippen molar-refractivity contribution >= 4 is 45.2 Å². The Morgan fingerprint density at radius 3 is 2.31 bits per heavy atom. The first kappa shape index (κ1) is 19.4. The van der Waals surface area contributed by atoms with Crippen LogP contribution in [0.4, 0.5) is 0 Å². The lowest BCUT2D eigenvalue weighted by Gasteiger charge is -2.30. The van der Waals surface area contributed by atoms with Crippen LogP contribution in [0.5, 0.6) is 0 Å². The van der Waals surface area contributed by atoms with Crippen LogP contribution in [-0.4, -0.2) is 50.5 Å². The van der Waals surface area contributed by atoms with E-state index in [1.54, 1.807) is 6.07 Å². The van der Waals surface area contributed by atoms with E-state index in [4.69, 9.17) is 32.7 Å². The Morgan fingerprint density at radius 2 is 1.77 bits per heavy atom. The largest absolute Gasteiger partial charge is 0.463 e. The normalized spacial score (nSPS) is 22.2. The Kier molecular flexibility index (Phi) is 5.76. The molecule has 3 rings (SSSR count). The minimum Gasteiger partial charge on any atom is -0.463 e. The molecule has 0 saturated carbocycles. The highest BCUT2D eigenvalue weighted by atomic mass is 35.5. The molecule has 2 fully saturated rings. The number of sulfonamides is 1. The van der Waals surface area contributed by atoms with Crippen LogP contribution in [0, 0.1) is 5.92 Å². The molecule has 26 heavy (non-hydrogen) atoms. The Labute approximate surface area is 161 Å². The molecule has 0 N–H and O–H groups in total. The van der Waals surface area contributed by atoms with Gasteiger partial charge in [-0.3, -0.25) is 4.79 Å². The maximum Gasteiger partial charge on any atom is 0.347 e. The lowest BCUT2D eigenvalue weighted by Crippen LogP contribution is -2.41. The first-order valence-electron chi connectivity index (χ1n) is 8.12. The molecule has 1 aromatic carbocycles. The van der Waals surface area contributed by atoms with E-state index in [1.807, 2.05) is 0 Å². The van der Waals surface area contributed by atoms with Crippen LogP contribution >= 0.6 is 23.2 Å². The number of carbonyl (C=O) groups is 2. The Bertz CT molecular complexity index is 800. The summed E-state index contributed by atoms with van der Waals surface area (Å²) >= 11 is 12.0. The first-order chi connectivity index (χ1) is 12.3. The maximum atomic E-state index is 12.8. The van der Waals surface area contributed by atoms with Crippen LogP contribution in [0.25, 0.3) is 0 Å². The highest BCUT2D eigenvalue weighted by Gasteiger charge is 2.37. The molecule has 7 nitrogen and oxygen atoms in total. The van der Waals surface area contributed by atoms with Gasteiger partial charge in [-0.15, -0.1) is 0 Å². The summed E-state index contributed by atoms with van der Waals surface area (Å²) in [6.07, 6.45) is 0.0817. The van der Waals surface area contributed by atoms with Crippen LogP contribution in [0.3, 0.4) is 0 Å². The first-order valence-corrected chi connectivity index (χ1v) is 10.3. The number of piperidine rings is 1. The molecule has 2 saturated heterocycles. The van der Waals surface area contributed by atoms with E-state index in [2.05, 4.69) is 0 Å². The van der Waals surface area contributed by atoms with Gasteiger partial charge in [0.1, 0.15) is 4.90 Å². The number of nitrogens with zero attached hydrogens (tertiary/aromatic N) is 1. The van der Waals surface area contributed by atoms with Gasteiger partial charge in [0, 0.05) is 19.5 Å². The van der Waals surface area contributed by atoms with Gasteiger partial charge in [-0.1, -0.05) is 29.3 Å². The van der Waals surface area contributed by atoms with Crippen molar-refractivity contribution in [1.29, 1.82) is 0 Å². The predicted octanol–water partition coefficient (Wildman–Crippen LogP) is 2.25. The molecule has 1 aromatic rings. The van der Waals surface area contributed by atoms with E-state index in [0.717, 1.165) is 0 Å². The van der Waals surface area contributed by atoms with Crippen LogP contribution in [-0.2, 0) is 29.1 Å². The number of hydrogen-bond acceptors (Lipinski definition) is 6. The molecule has 2 aliphatic rings. The zero-order valence-electron chi connectivity index (χ0n) is 13.7. The number of hydrogen-bond donors (Lipinski definition) is 0. The molecular weight excluding hydrogens is 405 g/mol. The van der Waals surface area contributed by atoms with Crippen molar-refractivity contribution in [3.8, 4) is 0 Å². The van der Waals surface area contributed by atoms with Gasteiger partial charge < -0.3 is 9.47 Å². The summed E-state index contributed by atoms with van der Waals surface area (Å²) in [6.45, 7) is 0.517. The van der Waals surface area contributed by atoms with E-state index in [9.17, 15) is 18.0 Å². The molecule has 2 heterocycles. The molecular formula is C16H17Cl2NO6S. The Morgan fingerprint density at radius 1 is 1.15 bits per heavy atom. The van der Waals surface area contributed by atoms with Crippen LogP contribution < -0.4 is 0 Å². The fourth-order valence-corrected chi connectivity index (χ4v) is 5.57. The second-order valence-electron chi connectivity index (χ2n) is 6.11. The number of ether oxygens (including phenoxy) is 2. The third-order valence-electron chi connectivity index (χ3n) is 4.45. The lowest BCUT2D eigenvalue weighted by molar-refractivity contribution is -0.164. The summed E-state index contributed by atoms with van der Waals surface area (Å²) in [5.41, 5.74) is 0. The van der Waals surface area contributed by atoms with Crippen molar-refractivity contribution in [2.45, 2.75) is 30.3 Å². The Balaban J connectivity index is 1.64. The van der Waals surface area contributed by atoms with Gasteiger partial charge in [-0.05, 0) is 25.0 Å². The molecule has 0 unspecified atom stereocenters. The number of cyclic esters (lactones) is 1. The fourth-order valence-electron chi connectivity index (χ4n) is 3.01. The number of carbonyl (C=O) groups excluding carboxylic acids is 2. The van der Waals surface area contributed by atoms with Crippen molar-refractivity contribution in [2.75, 3.05) is 19.7 Å². The summed E-state index contributed by atoms with van der Waals surface area (Å²) in [7, 11) is -3.86. The second kappa shape index (κ2) is 7.72. The van der Waals surface area contributed by atoms with Gasteiger partial charge in [0.25, 0.3) is 0 Å². The standard InChI is InChI=1S/C16H17Cl2NO6S/c17-11-2-1-3-12(18)14(11)26(22,23)19-7-4-10(5-8-19)15(20)25-13-6-9-24-16(13)21/h1-3,10,13H,4-9H2/t13-/m0/s1. The van der Waals surface area contributed by atoms with Gasteiger partial charge in [-0.2, -0.15) is 4.31 Å². The van der Waals surface area contributed by atoms with Crippen molar-refractivity contribution in [1.82, 2.24) is 4.31 Å². The highest BCUT2D eigenvalue weighted by Crippen LogP contribution is 2.33. The average molecular weight is 422 g/mol. The van der Waals surface area contributed by atoms with Crippen molar-refractivity contribution in [3.63, 3.8) is 0 Å². The summed E-state index contributed by atoms with van der Waals surface area (Å²) in [4.78, 5) is 23.5. The summed E-state index contributed by atoms with van der Waals surface area (Å²) in [6, 6.07) is 4.50. The molecule has 142 valence electrons. The smallest absolute Gasteiger partial charge is 0.347 e. The SMILES string of the molecule is O=C(O[C@H]1CCOC1=O)C1CCN(S(=O)(=O)c2c(Cl)cccc2Cl)CC1. The molecule has 0 aromatic heterocycles. The monoisotopic (exact) mass is 421 g/mol. The van der Waals surface area contributed by atoms with E-state index < -0.39 is 34.0 Å². The molecule has 0 aliphatic carbocycles. The lowest BCUT2D eigenvalue weighted by atomic mass is 9.98. The van der Waals surface area contributed by atoms with Crippen LogP contribution in [0.1, 0.15) is 19.3 Å². The number of benzene rings is 1. The van der Waals surface area contributed by atoms with E-state index in [-0.39, 0.29) is 34.6 Å². The third-order valence-corrected chi connectivity index (χ3v) is 7.30. The maximum absolute atomic E-state index is 12.8. The van der Waals surface area contributed by atoms with Gasteiger partial charge in [0.15, 0.2) is 0 Å². The summed E-state index contributed by atoms with van der Waals surface area (Å²) in [5, 5.41) is 0.109. The van der Waals surface area contributed by atoms with Gasteiger partial charge in [-0.25, -0.2) is 13.2 Å². The quantitative estimate of drug-likeness (QED) is 0.692. The zero-order valence-corrected chi connectivity index (χ0v) is 16.0. The minimum atomic E-state index is -3.86. The topological polar surface area (TPSA) is 90.0 Å². The molecule has 0 amide bonds. The molecule has 0 radical (unpaired) electrons. The summed E-state index contributed by atoms with van der Waals surface area (Å²) in [5.74, 6) is -1.50. The third kappa shape index (κ3) is 3.83. The van der Waals surface area contributed by atoms with Crippen molar-refractivity contribution < 1.29 is 27.5 Å². The highest BCUT2D eigenvalue weighted by molar-refractivity contribution is 7.89. The molecule has 1 atom stereocenters. The average Bonchev–Trinajstić information content (AvgIpc) is 2.99. The Hall–Kier alpha value is -1.35. The van der Waals surface area contributed by atoms with Crippen LogP contribution in [0.15, 0.2) is 23.1 Å². The molecule has 0 bridgehead atoms. The van der Waals surface area contributed by atoms with E-state index >= 15 is 0 Å². The molecule has 0 spiro atoms. The van der Waals surface area contributed by atoms with Crippen molar-refractivity contribution in [2.24, 2.45) is 5.92 Å². The zero-order chi connectivity index (χ0) is 18.9. The predicted molar refractivity (Wildman–Crippen MR) is 93.4 cm³/mol. The summed E-state index contributed by atoms with van der Waals surface area (Å²) < 4.78 is 36.8. The fraction of sp³-hybridized carbons (Fsp3) is 0.500. The van der Waals surface area contributed by atoms with Crippen LogP contribution in [0.2, 0.25) is 10.0 Å². The van der Waals surface area contributed by atoms with Gasteiger partial charge >= 0.3 is 11.9 Å². The van der Waals surface area contributed by atoms with E-state index in [1.165, 1.54) is 16.4 Å². The minimum absolute atomic E-state index is 0.0544. The molecule has 2 aliphatic heterocycles. The van der Waals surface area contributed by atoms with Crippen molar-refractivity contribution in [3.05, 3.63) is 28.2 Å². The number of rotatable bonds is 4. The van der Waals surface area contributed by atoms with E-state index in [0.29, 0.717) is 19.3 Å². The number of esters is 2.